The number of phenolic OH excluding ortho intramolecular Hbond substituents is 1. The van der Waals surface area contributed by atoms with E-state index in [1.165, 1.54) is 22.3 Å². The van der Waals surface area contributed by atoms with Crippen molar-refractivity contribution in [3.63, 3.8) is 0 Å². The first kappa shape index (κ1) is 21.8. The molecule has 1 heterocycles. The number of benzene rings is 3. The Morgan fingerprint density at radius 1 is 1.06 bits per heavy atom. The van der Waals surface area contributed by atoms with Crippen LogP contribution in [0.4, 0.5) is 4.79 Å². The van der Waals surface area contributed by atoms with E-state index in [0.717, 1.165) is 24.9 Å². The molecule has 170 valence electrons. The number of ether oxygens (including phenoxy) is 1. The van der Waals surface area contributed by atoms with E-state index < -0.39 is 0 Å². The Morgan fingerprint density at radius 2 is 1.76 bits per heavy atom. The molecule has 0 spiro atoms. The van der Waals surface area contributed by atoms with Gasteiger partial charge < -0.3 is 15.2 Å². The number of fused-ring (bicyclic) bond motifs is 3. The van der Waals surface area contributed by atoms with Crippen molar-refractivity contribution in [3.05, 3.63) is 88.4 Å². The predicted molar refractivity (Wildman–Crippen MR) is 130 cm³/mol. The van der Waals surface area contributed by atoms with Crippen molar-refractivity contribution in [2.24, 2.45) is 0 Å². The maximum atomic E-state index is 12.6. The lowest BCUT2D eigenvalue weighted by atomic mass is 9.98. The molecule has 0 saturated carbocycles. The first-order valence-corrected chi connectivity index (χ1v) is 11.8. The van der Waals surface area contributed by atoms with E-state index in [1.807, 2.05) is 24.3 Å². The van der Waals surface area contributed by atoms with Crippen LogP contribution in [0.5, 0.6) is 5.75 Å². The van der Waals surface area contributed by atoms with E-state index in [1.54, 1.807) is 18.2 Å². The zero-order chi connectivity index (χ0) is 22.8. The van der Waals surface area contributed by atoms with Crippen LogP contribution in [0.2, 0.25) is 5.02 Å². The number of aromatic hydroxyl groups is 1. The summed E-state index contributed by atoms with van der Waals surface area (Å²) in [5.74, 6) is 0.294. The van der Waals surface area contributed by atoms with E-state index in [9.17, 15) is 9.90 Å². The van der Waals surface area contributed by atoms with Crippen molar-refractivity contribution in [1.29, 1.82) is 0 Å². The van der Waals surface area contributed by atoms with Crippen LogP contribution < -0.4 is 5.32 Å². The molecular formula is C27H27ClN2O3. The SMILES string of the molecule is O=C(NC1CCCN(Cc2cc(Cl)ccc2O)C1)OCC1c2ccccc2-c2ccccc21. The van der Waals surface area contributed by atoms with Crippen LogP contribution in [0.25, 0.3) is 11.1 Å². The summed E-state index contributed by atoms with van der Waals surface area (Å²) in [6.45, 7) is 2.52. The minimum Gasteiger partial charge on any atom is -0.508 e. The normalized spacial score (nSPS) is 17.9. The molecular weight excluding hydrogens is 436 g/mol. The largest absolute Gasteiger partial charge is 0.508 e. The number of piperidine rings is 1. The summed E-state index contributed by atoms with van der Waals surface area (Å²) in [5, 5.41) is 13.8. The molecule has 1 amide bonds. The molecule has 0 aromatic heterocycles. The number of nitrogens with one attached hydrogen (secondary N) is 1. The summed E-state index contributed by atoms with van der Waals surface area (Å²) in [6, 6.07) is 21.7. The minimum atomic E-state index is -0.380. The number of halogens is 1. The number of carbonyl (C=O) groups is 1. The second-order valence-electron chi connectivity index (χ2n) is 8.82. The molecule has 6 heteroatoms. The number of carbonyl (C=O) groups excluding carboxylic acids is 1. The van der Waals surface area contributed by atoms with Crippen molar-refractivity contribution in [2.45, 2.75) is 31.3 Å². The molecule has 1 atom stereocenters. The third kappa shape index (κ3) is 4.70. The molecule has 0 bridgehead atoms. The molecule has 2 N–H and O–H groups in total. The van der Waals surface area contributed by atoms with Crippen LogP contribution in [0.3, 0.4) is 0 Å². The van der Waals surface area contributed by atoms with Gasteiger partial charge >= 0.3 is 6.09 Å². The van der Waals surface area contributed by atoms with Crippen molar-refractivity contribution >= 4 is 17.7 Å². The molecule has 5 rings (SSSR count). The molecule has 3 aromatic rings. The number of alkyl carbamates (subject to hydrolysis) is 1. The highest BCUT2D eigenvalue weighted by atomic mass is 35.5. The topological polar surface area (TPSA) is 61.8 Å². The van der Waals surface area contributed by atoms with Crippen molar-refractivity contribution in [2.75, 3.05) is 19.7 Å². The maximum Gasteiger partial charge on any atom is 0.407 e. The maximum absolute atomic E-state index is 12.6. The number of phenols is 1. The molecule has 3 aromatic carbocycles. The van der Waals surface area contributed by atoms with Gasteiger partial charge in [0.1, 0.15) is 12.4 Å². The molecule has 0 radical (unpaired) electrons. The Hall–Kier alpha value is -3.02. The highest BCUT2D eigenvalue weighted by molar-refractivity contribution is 6.30. The van der Waals surface area contributed by atoms with Crippen LogP contribution in [0.15, 0.2) is 66.7 Å². The molecule has 1 fully saturated rings. The fraction of sp³-hybridized carbons (Fsp3) is 0.296. The number of hydrogen-bond acceptors (Lipinski definition) is 4. The van der Waals surface area contributed by atoms with Gasteiger partial charge in [-0.1, -0.05) is 60.1 Å². The fourth-order valence-corrected chi connectivity index (χ4v) is 5.24. The van der Waals surface area contributed by atoms with Gasteiger partial charge in [-0.05, 0) is 59.8 Å². The lowest BCUT2D eigenvalue weighted by Crippen LogP contribution is -2.47. The van der Waals surface area contributed by atoms with Gasteiger partial charge in [-0.2, -0.15) is 0 Å². The standard InChI is InChI=1S/C27H27ClN2O3/c28-19-11-12-26(31)18(14-19)15-30-13-5-6-20(16-30)29-27(32)33-17-25-23-9-3-1-7-21(23)22-8-2-4-10-24(22)25/h1-4,7-12,14,20,25,31H,5-6,13,15-17H2,(H,29,32). The summed E-state index contributed by atoms with van der Waals surface area (Å²) in [6.07, 6.45) is 1.49. The van der Waals surface area contributed by atoms with Crippen molar-refractivity contribution in [3.8, 4) is 16.9 Å². The summed E-state index contributed by atoms with van der Waals surface area (Å²) in [4.78, 5) is 14.9. The van der Waals surface area contributed by atoms with Crippen LogP contribution in [0.1, 0.15) is 35.4 Å². The molecule has 1 unspecified atom stereocenters. The molecule has 33 heavy (non-hydrogen) atoms. The van der Waals surface area contributed by atoms with Gasteiger partial charge in [0.2, 0.25) is 0 Å². The summed E-state index contributed by atoms with van der Waals surface area (Å²) < 4.78 is 5.70. The monoisotopic (exact) mass is 462 g/mol. The lowest BCUT2D eigenvalue weighted by molar-refractivity contribution is 0.125. The Balaban J connectivity index is 1.18. The molecule has 1 saturated heterocycles. The van der Waals surface area contributed by atoms with E-state index >= 15 is 0 Å². The number of rotatable bonds is 5. The number of nitrogens with zero attached hydrogens (tertiary/aromatic N) is 1. The third-order valence-corrected chi connectivity index (χ3v) is 6.84. The van der Waals surface area contributed by atoms with Gasteiger partial charge in [0.15, 0.2) is 0 Å². The van der Waals surface area contributed by atoms with Gasteiger partial charge in [-0.25, -0.2) is 4.79 Å². The van der Waals surface area contributed by atoms with Gasteiger partial charge in [0, 0.05) is 35.6 Å². The van der Waals surface area contributed by atoms with Gasteiger partial charge in [-0.3, -0.25) is 4.90 Å². The van der Waals surface area contributed by atoms with Crippen LogP contribution in [-0.2, 0) is 11.3 Å². The van der Waals surface area contributed by atoms with E-state index in [-0.39, 0.29) is 23.8 Å². The quantitative estimate of drug-likeness (QED) is 0.522. The second kappa shape index (κ2) is 9.46. The van der Waals surface area contributed by atoms with E-state index in [2.05, 4.69) is 34.5 Å². The summed E-state index contributed by atoms with van der Waals surface area (Å²) >= 11 is 6.08. The number of likely N-dealkylation sites (tertiary alicyclic amines) is 1. The molecule has 5 nitrogen and oxygen atoms in total. The predicted octanol–water partition coefficient (Wildman–Crippen LogP) is 5.55. The third-order valence-electron chi connectivity index (χ3n) is 6.61. The lowest BCUT2D eigenvalue weighted by Gasteiger charge is -2.33. The van der Waals surface area contributed by atoms with Crippen LogP contribution in [-0.4, -0.2) is 41.8 Å². The summed E-state index contributed by atoms with van der Waals surface area (Å²) in [7, 11) is 0. The Labute approximate surface area is 199 Å². The zero-order valence-electron chi connectivity index (χ0n) is 18.3. The Morgan fingerprint density at radius 3 is 2.48 bits per heavy atom. The average molecular weight is 463 g/mol. The van der Waals surface area contributed by atoms with Gasteiger partial charge in [0.25, 0.3) is 0 Å². The first-order valence-electron chi connectivity index (χ1n) is 11.4. The first-order chi connectivity index (χ1) is 16.1. The van der Waals surface area contributed by atoms with Crippen molar-refractivity contribution < 1.29 is 14.6 Å². The molecule has 1 aliphatic heterocycles. The van der Waals surface area contributed by atoms with Gasteiger partial charge in [0.05, 0.1) is 0 Å². The highest BCUT2D eigenvalue weighted by Crippen LogP contribution is 2.44. The van der Waals surface area contributed by atoms with Crippen molar-refractivity contribution in [1.82, 2.24) is 10.2 Å². The van der Waals surface area contributed by atoms with E-state index in [0.29, 0.717) is 24.7 Å². The summed E-state index contributed by atoms with van der Waals surface area (Å²) in [5.41, 5.74) is 5.64. The molecule has 1 aliphatic carbocycles. The Bertz CT molecular complexity index is 1120. The van der Waals surface area contributed by atoms with E-state index in [4.69, 9.17) is 16.3 Å². The fourth-order valence-electron chi connectivity index (χ4n) is 5.05. The van der Waals surface area contributed by atoms with Crippen LogP contribution >= 0.6 is 11.6 Å². The van der Waals surface area contributed by atoms with Gasteiger partial charge in [-0.15, -0.1) is 0 Å². The minimum absolute atomic E-state index is 0.00993. The zero-order valence-corrected chi connectivity index (χ0v) is 19.1. The second-order valence-corrected chi connectivity index (χ2v) is 9.25. The number of hydrogen-bond donors (Lipinski definition) is 2. The smallest absolute Gasteiger partial charge is 0.407 e. The average Bonchev–Trinajstić information content (AvgIpc) is 3.14. The number of amides is 1. The Kier molecular flexibility index (Phi) is 6.25. The highest BCUT2D eigenvalue weighted by Gasteiger charge is 2.29. The molecule has 2 aliphatic rings. The van der Waals surface area contributed by atoms with Crippen LogP contribution in [0, 0.1) is 0 Å².